The second-order valence-corrected chi connectivity index (χ2v) is 8.90. The quantitative estimate of drug-likeness (QED) is 0.242. The van der Waals surface area contributed by atoms with E-state index in [1.165, 1.54) is 24.4 Å². The first kappa shape index (κ1) is 22.8. The summed E-state index contributed by atoms with van der Waals surface area (Å²) in [6.45, 7) is 0. The molecule has 3 aromatic carbocycles. The predicted octanol–water partition coefficient (Wildman–Crippen LogP) is 5.80. The average molecular weight is 500 g/mol. The first-order valence-corrected chi connectivity index (χ1v) is 11.1. The number of para-hydroxylation sites is 1. The topological polar surface area (TPSA) is 114 Å². The molecule has 0 atom stereocenters. The molecule has 0 spiro atoms. The average Bonchev–Trinajstić information content (AvgIpc) is 2.71. The first-order chi connectivity index (χ1) is 14.7. The molecular formula is C19H13Cl3N4O4S. The van der Waals surface area contributed by atoms with Crippen molar-refractivity contribution in [3.8, 4) is 0 Å². The van der Waals surface area contributed by atoms with Crippen LogP contribution in [-0.2, 0) is 10.0 Å². The molecule has 160 valence electrons. The Morgan fingerprint density at radius 2 is 1.55 bits per heavy atom. The van der Waals surface area contributed by atoms with Gasteiger partial charge in [0.25, 0.3) is 15.7 Å². The lowest BCUT2D eigenvalue weighted by Gasteiger charge is -2.13. The van der Waals surface area contributed by atoms with Gasteiger partial charge in [0, 0.05) is 17.7 Å². The molecule has 8 nitrogen and oxygen atoms in total. The van der Waals surface area contributed by atoms with Gasteiger partial charge in [0.1, 0.15) is 4.90 Å². The number of hydrogen-bond donors (Lipinski definition) is 2. The maximum absolute atomic E-state index is 13.0. The number of nitrogens with one attached hydrogen (secondary N) is 2. The SMILES string of the molecule is O=[N+]([O-])c1ccc(NN=Cc2c(Cl)cccc2Cl)c(S(=O)(=O)Nc2ccccc2Cl)c1. The second-order valence-electron chi connectivity index (χ2n) is 6.03. The van der Waals surface area contributed by atoms with Crippen LogP contribution in [0.25, 0.3) is 0 Å². The molecule has 0 unspecified atom stereocenters. The lowest BCUT2D eigenvalue weighted by molar-refractivity contribution is -0.385. The van der Waals surface area contributed by atoms with Crippen LogP contribution in [0.5, 0.6) is 0 Å². The summed E-state index contributed by atoms with van der Waals surface area (Å²) in [6, 6.07) is 14.4. The number of hydrazone groups is 1. The Morgan fingerprint density at radius 1 is 0.903 bits per heavy atom. The zero-order chi connectivity index (χ0) is 22.6. The van der Waals surface area contributed by atoms with Crippen LogP contribution in [-0.4, -0.2) is 19.6 Å². The van der Waals surface area contributed by atoms with E-state index in [0.717, 1.165) is 12.1 Å². The van der Waals surface area contributed by atoms with Crippen molar-refractivity contribution < 1.29 is 13.3 Å². The van der Waals surface area contributed by atoms with Crippen LogP contribution in [0.3, 0.4) is 0 Å². The van der Waals surface area contributed by atoms with Gasteiger partial charge in [-0.1, -0.05) is 53.0 Å². The molecule has 0 saturated carbocycles. The standard InChI is InChI=1S/C19H13Cl3N4O4S/c20-14-5-3-6-15(21)13(14)11-23-24-18-9-8-12(26(27)28)10-19(18)31(29,30)25-17-7-2-1-4-16(17)22/h1-11,24-25H. The number of nitro groups is 1. The maximum atomic E-state index is 13.0. The van der Waals surface area contributed by atoms with Crippen LogP contribution < -0.4 is 10.1 Å². The van der Waals surface area contributed by atoms with E-state index in [1.807, 2.05) is 0 Å². The minimum atomic E-state index is -4.26. The number of sulfonamides is 1. The summed E-state index contributed by atoms with van der Waals surface area (Å²) < 4.78 is 28.2. The minimum absolute atomic E-state index is 0.00965. The third-order valence-electron chi connectivity index (χ3n) is 3.96. The lowest BCUT2D eigenvalue weighted by Crippen LogP contribution is -2.15. The summed E-state index contributed by atoms with van der Waals surface area (Å²) in [7, 11) is -4.26. The molecule has 0 aliphatic rings. The molecule has 0 aliphatic carbocycles. The van der Waals surface area contributed by atoms with E-state index >= 15 is 0 Å². The van der Waals surface area contributed by atoms with Gasteiger partial charge in [-0.15, -0.1) is 0 Å². The number of anilines is 2. The number of nitro benzene ring substituents is 1. The Morgan fingerprint density at radius 3 is 2.19 bits per heavy atom. The van der Waals surface area contributed by atoms with Crippen molar-refractivity contribution in [3.63, 3.8) is 0 Å². The first-order valence-electron chi connectivity index (χ1n) is 8.48. The predicted molar refractivity (Wildman–Crippen MR) is 123 cm³/mol. The monoisotopic (exact) mass is 498 g/mol. The third-order valence-corrected chi connectivity index (χ3v) is 6.36. The molecular weight excluding hydrogens is 487 g/mol. The van der Waals surface area contributed by atoms with Crippen molar-refractivity contribution >= 4 is 68.1 Å². The summed E-state index contributed by atoms with van der Waals surface area (Å²) in [4.78, 5) is 10.1. The van der Waals surface area contributed by atoms with Gasteiger partial charge in [-0.25, -0.2) is 8.42 Å². The van der Waals surface area contributed by atoms with Crippen LogP contribution >= 0.6 is 34.8 Å². The molecule has 0 bridgehead atoms. The number of non-ortho nitro benzene ring substituents is 1. The summed E-state index contributed by atoms with van der Waals surface area (Å²) in [5.74, 6) is 0. The molecule has 3 rings (SSSR count). The zero-order valence-corrected chi connectivity index (χ0v) is 18.5. The van der Waals surface area contributed by atoms with Gasteiger partial charge >= 0.3 is 0 Å². The molecule has 0 radical (unpaired) electrons. The fourth-order valence-corrected chi connectivity index (χ4v) is 4.47. The number of hydrogen-bond acceptors (Lipinski definition) is 6. The highest BCUT2D eigenvalue weighted by Gasteiger charge is 2.23. The Balaban J connectivity index is 1.99. The van der Waals surface area contributed by atoms with Gasteiger partial charge in [-0.05, 0) is 30.3 Å². The molecule has 0 aliphatic heterocycles. The highest BCUT2D eigenvalue weighted by atomic mass is 35.5. The normalized spacial score (nSPS) is 11.5. The van der Waals surface area contributed by atoms with E-state index in [0.29, 0.717) is 15.6 Å². The van der Waals surface area contributed by atoms with Crippen LogP contribution in [0, 0.1) is 10.1 Å². The van der Waals surface area contributed by atoms with Crippen molar-refractivity contribution in [2.45, 2.75) is 4.90 Å². The van der Waals surface area contributed by atoms with E-state index in [2.05, 4.69) is 15.2 Å². The zero-order valence-electron chi connectivity index (χ0n) is 15.4. The van der Waals surface area contributed by atoms with Crippen LogP contribution in [0.2, 0.25) is 15.1 Å². The number of nitrogens with zero attached hydrogens (tertiary/aromatic N) is 2. The van der Waals surface area contributed by atoms with Gasteiger partial charge in [0.15, 0.2) is 0 Å². The second kappa shape index (κ2) is 9.52. The maximum Gasteiger partial charge on any atom is 0.270 e. The van der Waals surface area contributed by atoms with E-state index in [-0.39, 0.29) is 16.4 Å². The summed E-state index contributed by atoms with van der Waals surface area (Å²) in [5, 5.41) is 16.0. The van der Waals surface area contributed by atoms with Gasteiger partial charge in [-0.3, -0.25) is 20.3 Å². The van der Waals surface area contributed by atoms with Crippen LogP contribution in [0.15, 0.2) is 70.7 Å². The highest BCUT2D eigenvalue weighted by Crippen LogP contribution is 2.30. The van der Waals surface area contributed by atoms with Gasteiger partial charge in [0.2, 0.25) is 0 Å². The fourth-order valence-electron chi connectivity index (χ4n) is 2.48. The molecule has 31 heavy (non-hydrogen) atoms. The Kier molecular flexibility index (Phi) is 7.01. The van der Waals surface area contributed by atoms with Crippen molar-refractivity contribution in [1.82, 2.24) is 0 Å². The summed E-state index contributed by atoms with van der Waals surface area (Å²) in [5.41, 5.74) is 2.68. The van der Waals surface area contributed by atoms with E-state index in [1.54, 1.807) is 30.3 Å². The lowest BCUT2D eigenvalue weighted by atomic mass is 10.2. The Hall–Kier alpha value is -2.85. The summed E-state index contributed by atoms with van der Waals surface area (Å²) >= 11 is 18.2. The fraction of sp³-hybridized carbons (Fsp3) is 0. The van der Waals surface area contributed by atoms with E-state index in [9.17, 15) is 18.5 Å². The highest BCUT2D eigenvalue weighted by molar-refractivity contribution is 7.93. The van der Waals surface area contributed by atoms with E-state index < -0.39 is 25.5 Å². The van der Waals surface area contributed by atoms with Crippen molar-refractivity contribution in [2.75, 3.05) is 10.1 Å². The van der Waals surface area contributed by atoms with Crippen LogP contribution in [0.4, 0.5) is 17.1 Å². The number of rotatable bonds is 7. The Labute approximate surface area is 192 Å². The molecule has 0 aromatic heterocycles. The molecule has 0 saturated heterocycles. The van der Waals surface area contributed by atoms with Crippen molar-refractivity contribution in [1.29, 1.82) is 0 Å². The molecule has 12 heteroatoms. The number of benzene rings is 3. The molecule has 2 N–H and O–H groups in total. The van der Waals surface area contributed by atoms with Crippen molar-refractivity contribution in [3.05, 3.63) is 91.4 Å². The smallest absolute Gasteiger partial charge is 0.270 e. The molecule has 0 amide bonds. The number of halogens is 3. The van der Waals surface area contributed by atoms with Gasteiger partial charge in [0.05, 0.1) is 37.6 Å². The minimum Gasteiger partial charge on any atom is -0.278 e. The third kappa shape index (κ3) is 5.45. The molecule has 3 aromatic rings. The molecule has 0 fully saturated rings. The van der Waals surface area contributed by atoms with Crippen molar-refractivity contribution in [2.24, 2.45) is 5.10 Å². The largest absolute Gasteiger partial charge is 0.278 e. The molecule has 0 heterocycles. The van der Waals surface area contributed by atoms with E-state index in [4.69, 9.17) is 34.8 Å². The van der Waals surface area contributed by atoms with Gasteiger partial charge < -0.3 is 0 Å². The van der Waals surface area contributed by atoms with Gasteiger partial charge in [-0.2, -0.15) is 5.10 Å². The van der Waals surface area contributed by atoms with Crippen LogP contribution in [0.1, 0.15) is 5.56 Å². The summed E-state index contributed by atoms with van der Waals surface area (Å²) in [6.07, 6.45) is 1.31. The Bertz CT molecular complexity index is 1260.